The SMILES string of the molecule is Cc1sc(NC(=O)CCN2C(=O)CCC2=O)nc1-c1ccc(Br)cc1. The summed E-state index contributed by atoms with van der Waals surface area (Å²) in [4.78, 5) is 41.8. The van der Waals surface area contributed by atoms with Gasteiger partial charge in [0, 0.05) is 40.7 Å². The lowest BCUT2D eigenvalue weighted by Crippen LogP contribution is -2.32. The van der Waals surface area contributed by atoms with E-state index in [9.17, 15) is 14.4 Å². The van der Waals surface area contributed by atoms with E-state index in [-0.39, 0.29) is 43.5 Å². The summed E-state index contributed by atoms with van der Waals surface area (Å²) in [6.07, 6.45) is 0.551. The van der Waals surface area contributed by atoms with E-state index >= 15 is 0 Å². The fourth-order valence-electron chi connectivity index (χ4n) is 2.59. The molecule has 0 spiro atoms. The van der Waals surface area contributed by atoms with Crippen molar-refractivity contribution >= 4 is 50.1 Å². The minimum absolute atomic E-state index is 0.0731. The maximum atomic E-state index is 12.1. The number of nitrogens with zero attached hydrogens (tertiary/aromatic N) is 2. The number of thiazole rings is 1. The van der Waals surface area contributed by atoms with Gasteiger partial charge in [0.25, 0.3) is 0 Å². The Bertz CT molecular complexity index is 816. The first kappa shape index (κ1) is 17.8. The molecule has 0 atom stereocenters. The van der Waals surface area contributed by atoms with E-state index in [2.05, 4.69) is 26.2 Å². The molecule has 1 aliphatic rings. The van der Waals surface area contributed by atoms with Crippen LogP contribution in [0.25, 0.3) is 11.3 Å². The average molecular weight is 422 g/mol. The predicted molar refractivity (Wildman–Crippen MR) is 99.2 cm³/mol. The summed E-state index contributed by atoms with van der Waals surface area (Å²) in [5.41, 5.74) is 1.81. The summed E-state index contributed by atoms with van der Waals surface area (Å²) in [5.74, 6) is -0.676. The van der Waals surface area contributed by atoms with E-state index in [0.29, 0.717) is 5.13 Å². The molecular formula is C17H16BrN3O3S. The van der Waals surface area contributed by atoms with Gasteiger partial charge in [0.15, 0.2) is 5.13 Å². The van der Waals surface area contributed by atoms with E-state index in [1.54, 1.807) is 0 Å². The predicted octanol–water partition coefficient (Wildman–Crippen LogP) is 3.36. The second-order valence-corrected chi connectivity index (χ2v) is 7.79. The lowest BCUT2D eigenvalue weighted by Gasteiger charge is -2.12. The van der Waals surface area contributed by atoms with Crippen LogP contribution >= 0.6 is 27.3 Å². The summed E-state index contributed by atoms with van der Waals surface area (Å²) >= 11 is 4.80. The normalized spacial score (nSPS) is 14.2. The van der Waals surface area contributed by atoms with E-state index < -0.39 is 0 Å². The van der Waals surface area contributed by atoms with Gasteiger partial charge < -0.3 is 5.32 Å². The number of rotatable bonds is 5. The number of hydrogen-bond donors (Lipinski definition) is 1. The second kappa shape index (κ2) is 7.45. The highest BCUT2D eigenvalue weighted by atomic mass is 79.9. The van der Waals surface area contributed by atoms with Crippen LogP contribution in [0.1, 0.15) is 24.1 Å². The highest BCUT2D eigenvalue weighted by Crippen LogP contribution is 2.31. The molecule has 0 unspecified atom stereocenters. The first-order valence-electron chi connectivity index (χ1n) is 7.80. The molecule has 1 fully saturated rings. The molecule has 25 heavy (non-hydrogen) atoms. The summed E-state index contributed by atoms with van der Waals surface area (Å²) < 4.78 is 0.990. The third-order valence-electron chi connectivity index (χ3n) is 3.88. The molecule has 1 aromatic heterocycles. The van der Waals surface area contributed by atoms with Crippen LogP contribution in [-0.4, -0.2) is 34.2 Å². The minimum atomic E-state index is -0.261. The Hall–Kier alpha value is -2.06. The number of carbonyl (C=O) groups excluding carboxylic acids is 3. The number of aromatic nitrogens is 1. The number of amides is 3. The average Bonchev–Trinajstić information content (AvgIpc) is 3.09. The van der Waals surface area contributed by atoms with Gasteiger partial charge in [-0.15, -0.1) is 11.3 Å². The number of halogens is 1. The third kappa shape index (κ3) is 4.13. The molecule has 8 heteroatoms. The molecule has 1 N–H and O–H groups in total. The summed E-state index contributed by atoms with van der Waals surface area (Å²) in [6, 6.07) is 7.80. The molecule has 130 valence electrons. The number of carbonyl (C=O) groups is 3. The zero-order valence-electron chi connectivity index (χ0n) is 13.5. The Labute approximate surface area is 157 Å². The van der Waals surface area contributed by atoms with Crippen molar-refractivity contribution in [3.8, 4) is 11.3 Å². The Balaban J connectivity index is 1.62. The molecule has 0 radical (unpaired) electrons. The number of nitrogens with one attached hydrogen (secondary N) is 1. The Morgan fingerprint density at radius 2 is 1.88 bits per heavy atom. The summed E-state index contributed by atoms with van der Waals surface area (Å²) in [5, 5.41) is 3.26. The monoisotopic (exact) mass is 421 g/mol. The molecule has 1 aliphatic heterocycles. The molecular weight excluding hydrogens is 406 g/mol. The second-order valence-electron chi connectivity index (χ2n) is 5.67. The highest BCUT2D eigenvalue weighted by molar-refractivity contribution is 9.10. The smallest absolute Gasteiger partial charge is 0.229 e. The molecule has 3 amide bonds. The van der Waals surface area contributed by atoms with E-state index in [0.717, 1.165) is 25.5 Å². The summed E-state index contributed by atoms with van der Waals surface area (Å²) in [6.45, 7) is 2.07. The first-order valence-corrected chi connectivity index (χ1v) is 9.41. The van der Waals surface area contributed by atoms with Crippen molar-refractivity contribution in [2.24, 2.45) is 0 Å². The molecule has 6 nitrogen and oxygen atoms in total. The zero-order valence-corrected chi connectivity index (χ0v) is 15.9. The van der Waals surface area contributed by atoms with Gasteiger partial charge in [-0.05, 0) is 19.1 Å². The van der Waals surface area contributed by atoms with Crippen molar-refractivity contribution in [1.29, 1.82) is 0 Å². The molecule has 2 heterocycles. The Kier molecular flexibility index (Phi) is 5.29. The van der Waals surface area contributed by atoms with Gasteiger partial charge in [-0.1, -0.05) is 28.1 Å². The van der Waals surface area contributed by atoms with E-state index in [4.69, 9.17) is 0 Å². The van der Waals surface area contributed by atoms with Crippen molar-refractivity contribution in [3.05, 3.63) is 33.6 Å². The zero-order chi connectivity index (χ0) is 18.0. The van der Waals surface area contributed by atoms with Crippen LogP contribution in [0.2, 0.25) is 0 Å². The fraction of sp³-hybridized carbons (Fsp3) is 0.294. The van der Waals surface area contributed by atoms with Crippen LogP contribution < -0.4 is 5.32 Å². The minimum Gasteiger partial charge on any atom is -0.302 e. The van der Waals surface area contributed by atoms with Crippen LogP contribution in [0.15, 0.2) is 28.7 Å². The van der Waals surface area contributed by atoms with Gasteiger partial charge >= 0.3 is 0 Å². The van der Waals surface area contributed by atoms with Crippen molar-refractivity contribution in [2.75, 3.05) is 11.9 Å². The highest BCUT2D eigenvalue weighted by Gasteiger charge is 2.28. The van der Waals surface area contributed by atoms with Crippen LogP contribution in [0.4, 0.5) is 5.13 Å². The Morgan fingerprint density at radius 1 is 1.24 bits per heavy atom. The van der Waals surface area contributed by atoms with Gasteiger partial charge in [-0.2, -0.15) is 0 Å². The molecule has 0 aliphatic carbocycles. The van der Waals surface area contributed by atoms with Gasteiger partial charge in [0.05, 0.1) is 5.69 Å². The number of aryl methyl sites for hydroxylation is 1. The van der Waals surface area contributed by atoms with Crippen LogP contribution in [0, 0.1) is 6.92 Å². The van der Waals surface area contributed by atoms with E-state index in [1.165, 1.54) is 11.3 Å². The Morgan fingerprint density at radius 3 is 2.52 bits per heavy atom. The number of likely N-dealkylation sites (tertiary alicyclic amines) is 1. The molecule has 0 saturated carbocycles. The van der Waals surface area contributed by atoms with Gasteiger partial charge in [0.2, 0.25) is 17.7 Å². The topological polar surface area (TPSA) is 79.4 Å². The van der Waals surface area contributed by atoms with Crippen LogP contribution in [-0.2, 0) is 14.4 Å². The quantitative estimate of drug-likeness (QED) is 0.750. The number of benzene rings is 1. The molecule has 2 aromatic rings. The number of hydrogen-bond acceptors (Lipinski definition) is 5. The van der Waals surface area contributed by atoms with Crippen LogP contribution in [0.3, 0.4) is 0 Å². The number of anilines is 1. The molecule has 3 rings (SSSR count). The third-order valence-corrected chi connectivity index (χ3v) is 5.29. The van der Waals surface area contributed by atoms with Crippen molar-refractivity contribution < 1.29 is 14.4 Å². The van der Waals surface area contributed by atoms with Crippen molar-refractivity contribution in [3.63, 3.8) is 0 Å². The standard InChI is InChI=1S/C17H16BrN3O3S/c1-10-16(11-2-4-12(18)5-3-11)20-17(25-10)19-13(22)8-9-21-14(23)6-7-15(21)24/h2-5H,6-9H2,1H3,(H,19,20,22). The fourth-order valence-corrected chi connectivity index (χ4v) is 3.71. The summed E-state index contributed by atoms with van der Waals surface area (Å²) in [7, 11) is 0. The maximum absolute atomic E-state index is 12.1. The molecule has 0 bridgehead atoms. The van der Waals surface area contributed by atoms with E-state index in [1.807, 2.05) is 31.2 Å². The lowest BCUT2D eigenvalue weighted by atomic mass is 10.1. The number of imide groups is 1. The van der Waals surface area contributed by atoms with Crippen LogP contribution in [0.5, 0.6) is 0 Å². The maximum Gasteiger partial charge on any atom is 0.229 e. The molecule has 1 saturated heterocycles. The lowest BCUT2D eigenvalue weighted by molar-refractivity contribution is -0.138. The van der Waals surface area contributed by atoms with Crippen molar-refractivity contribution in [1.82, 2.24) is 9.88 Å². The first-order chi connectivity index (χ1) is 11.9. The largest absolute Gasteiger partial charge is 0.302 e. The molecule has 1 aromatic carbocycles. The van der Waals surface area contributed by atoms with Crippen molar-refractivity contribution in [2.45, 2.75) is 26.2 Å². The van der Waals surface area contributed by atoms with Gasteiger partial charge in [-0.25, -0.2) is 4.98 Å². The van der Waals surface area contributed by atoms with Gasteiger partial charge in [-0.3, -0.25) is 19.3 Å². The van der Waals surface area contributed by atoms with Gasteiger partial charge in [0.1, 0.15) is 0 Å².